The summed E-state index contributed by atoms with van der Waals surface area (Å²) in [7, 11) is -3.90. The highest BCUT2D eigenvalue weighted by molar-refractivity contribution is 7.90. The highest BCUT2D eigenvalue weighted by atomic mass is 32.2. The molecule has 7 nitrogen and oxygen atoms in total. The van der Waals surface area contributed by atoms with E-state index in [9.17, 15) is 18.0 Å². The standard InChI is InChI=1S/C11H15N3O4S/c1-8(15)13-7-6-9-2-4-10(5-3-9)19(17,18)14-11(12)16/h2-5H,6-7H2,1H3,(H,13,15)(H3,12,14,16). The molecule has 104 valence electrons. The first-order valence-corrected chi connectivity index (χ1v) is 6.95. The smallest absolute Gasteiger partial charge is 0.326 e. The van der Waals surface area contributed by atoms with Gasteiger partial charge in [-0.1, -0.05) is 12.1 Å². The number of hydrogen-bond acceptors (Lipinski definition) is 4. The maximum atomic E-state index is 11.6. The summed E-state index contributed by atoms with van der Waals surface area (Å²) in [4.78, 5) is 21.2. The minimum absolute atomic E-state index is 0.0467. The molecule has 0 atom stereocenters. The number of primary amides is 1. The molecule has 0 aliphatic heterocycles. The molecule has 0 heterocycles. The Morgan fingerprint density at radius 1 is 1.21 bits per heavy atom. The van der Waals surface area contributed by atoms with E-state index >= 15 is 0 Å². The van der Waals surface area contributed by atoms with Crippen molar-refractivity contribution in [2.24, 2.45) is 5.73 Å². The van der Waals surface area contributed by atoms with Gasteiger partial charge in [-0.15, -0.1) is 0 Å². The first-order valence-electron chi connectivity index (χ1n) is 5.47. The Morgan fingerprint density at radius 2 is 1.79 bits per heavy atom. The van der Waals surface area contributed by atoms with Gasteiger partial charge in [-0.05, 0) is 24.1 Å². The van der Waals surface area contributed by atoms with E-state index in [1.54, 1.807) is 16.9 Å². The Bertz CT molecular complexity index is 566. The van der Waals surface area contributed by atoms with E-state index in [1.807, 2.05) is 0 Å². The fraction of sp³-hybridized carbons (Fsp3) is 0.273. The highest BCUT2D eigenvalue weighted by Crippen LogP contribution is 2.10. The van der Waals surface area contributed by atoms with Crippen molar-refractivity contribution in [3.8, 4) is 0 Å². The summed E-state index contributed by atoms with van der Waals surface area (Å²) in [5.74, 6) is -0.121. The van der Waals surface area contributed by atoms with Crippen molar-refractivity contribution in [3.05, 3.63) is 29.8 Å². The third-order valence-corrected chi connectivity index (χ3v) is 3.62. The summed E-state index contributed by atoms with van der Waals surface area (Å²) >= 11 is 0. The maximum absolute atomic E-state index is 11.6. The molecule has 0 aliphatic rings. The van der Waals surface area contributed by atoms with Crippen LogP contribution in [0.25, 0.3) is 0 Å². The van der Waals surface area contributed by atoms with Crippen LogP contribution in [0.15, 0.2) is 29.2 Å². The van der Waals surface area contributed by atoms with Crippen LogP contribution in [0.3, 0.4) is 0 Å². The summed E-state index contributed by atoms with van der Waals surface area (Å²) in [6.07, 6.45) is 0.586. The summed E-state index contributed by atoms with van der Waals surface area (Å²) in [6, 6.07) is 4.83. The van der Waals surface area contributed by atoms with Crippen LogP contribution in [-0.2, 0) is 21.2 Å². The lowest BCUT2D eigenvalue weighted by atomic mass is 10.1. The molecule has 0 saturated heterocycles. The number of carbonyl (C=O) groups is 2. The van der Waals surface area contributed by atoms with Crippen LogP contribution in [0, 0.1) is 0 Å². The van der Waals surface area contributed by atoms with Crippen molar-refractivity contribution in [1.29, 1.82) is 0 Å². The fourth-order valence-corrected chi connectivity index (χ4v) is 2.29. The second-order valence-electron chi connectivity index (χ2n) is 3.85. The fourth-order valence-electron chi connectivity index (χ4n) is 1.41. The van der Waals surface area contributed by atoms with Crippen LogP contribution in [0.2, 0.25) is 0 Å². The van der Waals surface area contributed by atoms with E-state index in [1.165, 1.54) is 19.1 Å². The van der Waals surface area contributed by atoms with E-state index < -0.39 is 16.1 Å². The molecule has 1 rings (SSSR count). The summed E-state index contributed by atoms with van der Waals surface area (Å²) in [5.41, 5.74) is 5.64. The van der Waals surface area contributed by atoms with Crippen molar-refractivity contribution < 1.29 is 18.0 Å². The number of nitrogens with two attached hydrogens (primary N) is 1. The third kappa shape index (κ3) is 4.96. The number of amides is 3. The van der Waals surface area contributed by atoms with Gasteiger partial charge in [-0.2, -0.15) is 0 Å². The van der Waals surface area contributed by atoms with Gasteiger partial charge in [0.05, 0.1) is 4.90 Å². The second-order valence-corrected chi connectivity index (χ2v) is 5.53. The van der Waals surface area contributed by atoms with Crippen LogP contribution >= 0.6 is 0 Å². The Labute approximate surface area is 111 Å². The molecule has 0 aliphatic carbocycles. The predicted octanol–water partition coefficient (Wildman–Crippen LogP) is -0.278. The van der Waals surface area contributed by atoms with Crippen molar-refractivity contribution in [2.75, 3.05) is 6.54 Å². The van der Waals surface area contributed by atoms with Crippen LogP contribution in [0.1, 0.15) is 12.5 Å². The monoisotopic (exact) mass is 285 g/mol. The van der Waals surface area contributed by atoms with Crippen LogP contribution in [0.5, 0.6) is 0 Å². The molecule has 3 amide bonds. The molecule has 0 unspecified atom stereocenters. The molecule has 0 fully saturated rings. The normalized spacial score (nSPS) is 10.8. The molecular formula is C11H15N3O4S. The molecule has 1 aromatic carbocycles. The SMILES string of the molecule is CC(=O)NCCc1ccc(S(=O)(=O)NC(N)=O)cc1. The van der Waals surface area contributed by atoms with E-state index in [-0.39, 0.29) is 10.8 Å². The topological polar surface area (TPSA) is 118 Å². The minimum Gasteiger partial charge on any atom is -0.356 e. The lowest BCUT2D eigenvalue weighted by Crippen LogP contribution is -2.34. The number of hydrogen-bond donors (Lipinski definition) is 3. The number of benzene rings is 1. The largest absolute Gasteiger partial charge is 0.356 e. The zero-order valence-electron chi connectivity index (χ0n) is 10.3. The average molecular weight is 285 g/mol. The Hall–Kier alpha value is -2.09. The second kappa shape index (κ2) is 6.19. The van der Waals surface area contributed by atoms with Crippen molar-refractivity contribution >= 4 is 22.0 Å². The number of rotatable bonds is 5. The number of urea groups is 1. The van der Waals surface area contributed by atoms with Crippen molar-refractivity contribution in [1.82, 2.24) is 10.0 Å². The average Bonchev–Trinajstić information content (AvgIpc) is 2.27. The van der Waals surface area contributed by atoms with E-state index in [0.717, 1.165) is 5.56 Å². The molecular weight excluding hydrogens is 270 g/mol. The van der Waals surface area contributed by atoms with Crippen LogP contribution in [-0.4, -0.2) is 26.9 Å². The zero-order chi connectivity index (χ0) is 14.5. The quantitative estimate of drug-likeness (QED) is 0.689. The molecule has 19 heavy (non-hydrogen) atoms. The van der Waals surface area contributed by atoms with E-state index in [4.69, 9.17) is 5.73 Å². The Balaban J connectivity index is 2.71. The van der Waals surface area contributed by atoms with Gasteiger partial charge in [0, 0.05) is 13.5 Å². The van der Waals surface area contributed by atoms with Gasteiger partial charge in [0.25, 0.3) is 10.0 Å². The Morgan fingerprint density at radius 3 is 2.26 bits per heavy atom. The molecule has 0 radical (unpaired) electrons. The molecule has 0 spiro atoms. The third-order valence-electron chi connectivity index (χ3n) is 2.26. The van der Waals surface area contributed by atoms with Crippen LogP contribution < -0.4 is 15.8 Å². The lowest BCUT2D eigenvalue weighted by molar-refractivity contribution is -0.118. The summed E-state index contributed by atoms with van der Waals surface area (Å²) in [5, 5.41) is 2.63. The molecule has 0 bridgehead atoms. The van der Waals surface area contributed by atoms with Gasteiger partial charge in [0.15, 0.2) is 0 Å². The van der Waals surface area contributed by atoms with Crippen molar-refractivity contribution in [2.45, 2.75) is 18.2 Å². The van der Waals surface area contributed by atoms with Gasteiger partial charge < -0.3 is 11.1 Å². The van der Waals surface area contributed by atoms with Crippen LogP contribution in [0.4, 0.5) is 4.79 Å². The van der Waals surface area contributed by atoms with Gasteiger partial charge in [0.2, 0.25) is 5.91 Å². The number of sulfonamides is 1. The lowest BCUT2D eigenvalue weighted by Gasteiger charge is -2.06. The minimum atomic E-state index is -3.90. The first kappa shape index (κ1) is 15.0. The summed E-state index contributed by atoms with van der Waals surface area (Å²) < 4.78 is 24.8. The van der Waals surface area contributed by atoms with Crippen molar-refractivity contribution in [3.63, 3.8) is 0 Å². The molecule has 8 heteroatoms. The number of carbonyl (C=O) groups excluding carboxylic acids is 2. The molecule has 1 aromatic rings. The highest BCUT2D eigenvalue weighted by Gasteiger charge is 2.15. The molecule has 0 aromatic heterocycles. The van der Waals surface area contributed by atoms with Gasteiger partial charge in [0.1, 0.15) is 0 Å². The maximum Gasteiger partial charge on any atom is 0.326 e. The molecule has 0 saturated carbocycles. The first-order chi connectivity index (χ1) is 8.81. The van der Waals surface area contributed by atoms with Gasteiger partial charge in [-0.25, -0.2) is 17.9 Å². The molecule has 4 N–H and O–H groups in total. The zero-order valence-corrected chi connectivity index (χ0v) is 11.2. The van der Waals surface area contributed by atoms with Gasteiger partial charge >= 0.3 is 6.03 Å². The predicted molar refractivity (Wildman–Crippen MR) is 68.7 cm³/mol. The number of nitrogens with one attached hydrogen (secondary N) is 2. The van der Waals surface area contributed by atoms with E-state index in [2.05, 4.69) is 5.32 Å². The summed E-state index contributed by atoms with van der Waals surface area (Å²) in [6.45, 7) is 1.89. The van der Waals surface area contributed by atoms with Gasteiger partial charge in [-0.3, -0.25) is 4.79 Å². The van der Waals surface area contributed by atoms with E-state index in [0.29, 0.717) is 13.0 Å². The Kier molecular flexibility index (Phi) is 4.87.